The molecule has 14 heavy (non-hydrogen) atoms. The Bertz CT molecular complexity index is 371. The molecule has 1 fully saturated rings. The molecule has 0 aromatic carbocycles. The van der Waals surface area contributed by atoms with Crippen LogP contribution < -0.4 is 4.74 Å². The number of nitrogens with zero attached hydrogens (tertiary/aromatic N) is 1. The third kappa shape index (κ3) is 1.14. The van der Waals surface area contributed by atoms with Crippen LogP contribution in [0.4, 0.5) is 0 Å². The molecule has 0 radical (unpaired) electrons. The third-order valence-corrected chi connectivity index (χ3v) is 2.60. The fourth-order valence-corrected chi connectivity index (χ4v) is 1.59. The van der Waals surface area contributed by atoms with Crippen LogP contribution in [0.5, 0.6) is 5.75 Å². The Morgan fingerprint density at radius 3 is 2.86 bits per heavy atom. The predicted molar refractivity (Wildman–Crippen MR) is 49.3 cm³/mol. The minimum absolute atomic E-state index is 0.551. The maximum absolute atomic E-state index is 11.1. The highest BCUT2D eigenvalue weighted by molar-refractivity contribution is 5.85. The van der Waals surface area contributed by atoms with Gasteiger partial charge in [-0.05, 0) is 25.0 Å². The van der Waals surface area contributed by atoms with Crippen molar-refractivity contribution in [1.29, 1.82) is 0 Å². The molecule has 2 rings (SSSR count). The van der Waals surface area contributed by atoms with Crippen molar-refractivity contribution in [3.05, 3.63) is 24.0 Å². The highest BCUT2D eigenvalue weighted by atomic mass is 16.5. The standard InChI is InChI=1S/C10H11NO3/c1-14-7-3-2-6-11-8(7)10(4-5-10)9(12)13/h2-3,6H,4-5H2,1H3,(H,12,13). The van der Waals surface area contributed by atoms with E-state index in [0.717, 1.165) is 0 Å². The zero-order valence-electron chi connectivity index (χ0n) is 7.86. The molecule has 1 aromatic heterocycles. The summed E-state index contributed by atoms with van der Waals surface area (Å²) in [7, 11) is 1.53. The van der Waals surface area contributed by atoms with Gasteiger partial charge >= 0.3 is 5.97 Å². The smallest absolute Gasteiger partial charge is 0.315 e. The summed E-state index contributed by atoms with van der Waals surface area (Å²) in [5, 5.41) is 9.08. The molecule has 1 aliphatic rings. The first kappa shape index (κ1) is 8.99. The number of aliphatic carboxylic acids is 1. The van der Waals surface area contributed by atoms with Crippen LogP contribution in [-0.4, -0.2) is 23.2 Å². The van der Waals surface area contributed by atoms with Gasteiger partial charge in [0.2, 0.25) is 0 Å². The Morgan fingerprint density at radius 1 is 1.64 bits per heavy atom. The molecule has 74 valence electrons. The van der Waals surface area contributed by atoms with E-state index in [9.17, 15) is 4.79 Å². The summed E-state index contributed by atoms with van der Waals surface area (Å²) in [6.07, 6.45) is 2.90. The molecule has 0 bridgehead atoms. The van der Waals surface area contributed by atoms with E-state index in [1.807, 2.05) is 0 Å². The topological polar surface area (TPSA) is 59.4 Å². The Labute approximate surface area is 81.5 Å². The van der Waals surface area contributed by atoms with Crippen LogP contribution in [-0.2, 0) is 10.2 Å². The third-order valence-electron chi connectivity index (χ3n) is 2.60. The number of carbonyl (C=O) groups is 1. The number of carboxylic acids is 1. The first-order valence-electron chi connectivity index (χ1n) is 4.43. The van der Waals surface area contributed by atoms with Crippen LogP contribution in [0.1, 0.15) is 18.5 Å². The van der Waals surface area contributed by atoms with Crippen molar-refractivity contribution in [3.8, 4) is 5.75 Å². The molecule has 1 N–H and O–H groups in total. The summed E-state index contributed by atoms with van der Waals surface area (Å²) in [6, 6.07) is 3.48. The first-order valence-corrected chi connectivity index (χ1v) is 4.43. The number of ether oxygens (including phenoxy) is 1. The van der Waals surface area contributed by atoms with Crippen molar-refractivity contribution in [1.82, 2.24) is 4.98 Å². The van der Waals surface area contributed by atoms with Crippen LogP contribution in [0, 0.1) is 0 Å². The number of carboxylic acid groups (broad SMARTS) is 1. The van der Waals surface area contributed by atoms with E-state index in [0.29, 0.717) is 24.3 Å². The SMILES string of the molecule is COc1cccnc1C1(C(=O)O)CC1. The van der Waals surface area contributed by atoms with Crippen molar-refractivity contribution < 1.29 is 14.6 Å². The van der Waals surface area contributed by atoms with E-state index >= 15 is 0 Å². The highest BCUT2D eigenvalue weighted by Gasteiger charge is 2.54. The zero-order chi connectivity index (χ0) is 10.2. The van der Waals surface area contributed by atoms with Crippen molar-refractivity contribution in [2.75, 3.05) is 7.11 Å². The minimum Gasteiger partial charge on any atom is -0.495 e. The van der Waals surface area contributed by atoms with E-state index in [1.54, 1.807) is 18.3 Å². The second-order valence-electron chi connectivity index (χ2n) is 3.44. The lowest BCUT2D eigenvalue weighted by Crippen LogP contribution is -2.21. The molecule has 1 saturated carbocycles. The Kier molecular flexibility index (Phi) is 1.91. The molecule has 4 nitrogen and oxygen atoms in total. The summed E-state index contributed by atoms with van der Waals surface area (Å²) in [5.41, 5.74) is -0.234. The van der Waals surface area contributed by atoms with E-state index in [1.165, 1.54) is 7.11 Å². The largest absolute Gasteiger partial charge is 0.495 e. The van der Waals surface area contributed by atoms with Crippen molar-refractivity contribution in [2.45, 2.75) is 18.3 Å². The molecule has 1 aliphatic carbocycles. The second kappa shape index (κ2) is 2.97. The molecule has 0 spiro atoms. The molecule has 4 heteroatoms. The number of methoxy groups -OCH3 is 1. The van der Waals surface area contributed by atoms with Gasteiger partial charge in [0.25, 0.3) is 0 Å². The lowest BCUT2D eigenvalue weighted by atomic mass is 10.0. The summed E-state index contributed by atoms with van der Waals surface area (Å²) in [6.45, 7) is 0. The number of hydrogen-bond donors (Lipinski definition) is 1. The molecular formula is C10H11NO3. The van der Waals surface area contributed by atoms with Gasteiger partial charge in [-0.15, -0.1) is 0 Å². The highest BCUT2D eigenvalue weighted by Crippen LogP contribution is 2.50. The molecular weight excluding hydrogens is 182 g/mol. The van der Waals surface area contributed by atoms with Crippen molar-refractivity contribution in [3.63, 3.8) is 0 Å². The molecule has 0 unspecified atom stereocenters. The van der Waals surface area contributed by atoms with Crippen LogP contribution >= 0.6 is 0 Å². The number of rotatable bonds is 3. The van der Waals surface area contributed by atoms with Gasteiger partial charge in [-0.3, -0.25) is 9.78 Å². The van der Waals surface area contributed by atoms with Gasteiger partial charge in [0, 0.05) is 6.20 Å². The maximum Gasteiger partial charge on any atom is 0.315 e. The van der Waals surface area contributed by atoms with E-state index < -0.39 is 11.4 Å². The maximum atomic E-state index is 11.1. The Balaban J connectivity index is 2.46. The van der Waals surface area contributed by atoms with E-state index in [2.05, 4.69) is 4.98 Å². The average molecular weight is 193 g/mol. The molecule has 1 heterocycles. The van der Waals surface area contributed by atoms with Gasteiger partial charge in [0.15, 0.2) is 0 Å². The average Bonchev–Trinajstić information content (AvgIpc) is 2.98. The van der Waals surface area contributed by atoms with Gasteiger partial charge in [0.1, 0.15) is 11.2 Å². The predicted octanol–water partition coefficient (Wildman–Crippen LogP) is 1.21. The number of pyridine rings is 1. The first-order chi connectivity index (χ1) is 6.70. The van der Waals surface area contributed by atoms with E-state index in [4.69, 9.17) is 9.84 Å². The molecule has 0 saturated heterocycles. The summed E-state index contributed by atoms with van der Waals surface area (Å²) in [4.78, 5) is 15.2. The monoisotopic (exact) mass is 193 g/mol. The molecule has 1 aromatic rings. The van der Waals surface area contributed by atoms with Crippen LogP contribution in [0.3, 0.4) is 0 Å². The van der Waals surface area contributed by atoms with Gasteiger partial charge in [-0.2, -0.15) is 0 Å². The molecule has 0 amide bonds. The fraction of sp³-hybridized carbons (Fsp3) is 0.400. The zero-order valence-corrected chi connectivity index (χ0v) is 7.86. The van der Waals surface area contributed by atoms with Gasteiger partial charge in [0.05, 0.1) is 12.8 Å². The lowest BCUT2D eigenvalue weighted by Gasteiger charge is -2.12. The minimum atomic E-state index is -0.811. The van der Waals surface area contributed by atoms with Gasteiger partial charge < -0.3 is 9.84 Å². The number of aromatic nitrogens is 1. The molecule has 0 aliphatic heterocycles. The Hall–Kier alpha value is -1.58. The molecule has 0 atom stereocenters. The summed E-state index contributed by atoms with van der Waals surface area (Å²) < 4.78 is 5.10. The van der Waals surface area contributed by atoms with Gasteiger partial charge in [-0.25, -0.2) is 0 Å². The normalized spacial score (nSPS) is 17.5. The van der Waals surface area contributed by atoms with Crippen LogP contribution in [0.25, 0.3) is 0 Å². The van der Waals surface area contributed by atoms with Gasteiger partial charge in [-0.1, -0.05) is 0 Å². The lowest BCUT2D eigenvalue weighted by molar-refractivity contribution is -0.140. The fourth-order valence-electron chi connectivity index (χ4n) is 1.59. The summed E-state index contributed by atoms with van der Waals surface area (Å²) >= 11 is 0. The second-order valence-corrected chi connectivity index (χ2v) is 3.44. The van der Waals surface area contributed by atoms with E-state index in [-0.39, 0.29) is 0 Å². The number of hydrogen-bond acceptors (Lipinski definition) is 3. The van der Waals surface area contributed by atoms with Crippen molar-refractivity contribution >= 4 is 5.97 Å². The summed E-state index contributed by atoms with van der Waals surface area (Å²) in [5.74, 6) is -0.248. The van der Waals surface area contributed by atoms with Crippen LogP contribution in [0.15, 0.2) is 18.3 Å². The van der Waals surface area contributed by atoms with Crippen molar-refractivity contribution in [2.24, 2.45) is 0 Å². The van der Waals surface area contributed by atoms with Crippen LogP contribution in [0.2, 0.25) is 0 Å². The Morgan fingerprint density at radius 2 is 2.36 bits per heavy atom. The quantitative estimate of drug-likeness (QED) is 0.783.